The van der Waals surface area contributed by atoms with Crippen LogP contribution in [0, 0.1) is 18.8 Å². The van der Waals surface area contributed by atoms with E-state index in [4.69, 9.17) is 4.74 Å². The highest BCUT2D eigenvalue weighted by Crippen LogP contribution is 2.34. The number of hydrogen-bond acceptors (Lipinski definition) is 4. The minimum atomic E-state index is -0.129. The van der Waals surface area contributed by atoms with Gasteiger partial charge in [-0.25, -0.2) is 0 Å². The molecule has 2 amide bonds. The number of carbonyl (C=O) groups is 2. The smallest absolute Gasteiger partial charge is 0.242 e. The number of carbonyl (C=O) groups excluding carboxylic acids is 2. The van der Waals surface area contributed by atoms with Crippen LogP contribution in [0.5, 0.6) is 5.75 Å². The van der Waals surface area contributed by atoms with Crippen LogP contribution < -0.4 is 4.74 Å². The summed E-state index contributed by atoms with van der Waals surface area (Å²) in [6, 6.07) is 10.0. The third kappa shape index (κ3) is 5.83. The van der Waals surface area contributed by atoms with Gasteiger partial charge < -0.3 is 14.5 Å². The molecule has 1 saturated carbocycles. The summed E-state index contributed by atoms with van der Waals surface area (Å²) in [5, 5.41) is 2.11. The van der Waals surface area contributed by atoms with E-state index in [2.05, 4.69) is 32.2 Å². The molecule has 0 saturated heterocycles. The highest BCUT2D eigenvalue weighted by atomic mass is 32.1. The van der Waals surface area contributed by atoms with Crippen LogP contribution in [-0.4, -0.2) is 47.9 Å². The average Bonchev–Trinajstić information content (AvgIpc) is 3.54. The van der Waals surface area contributed by atoms with Crippen molar-refractivity contribution in [3.8, 4) is 5.75 Å². The number of thiophene rings is 1. The molecular formula is C28H38N2O3S. The Morgan fingerprint density at radius 3 is 2.62 bits per heavy atom. The van der Waals surface area contributed by atoms with Crippen molar-refractivity contribution in [2.24, 2.45) is 11.8 Å². The van der Waals surface area contributed by atoms with Crippen LogP contribution in [0.15, 0.2) is 35.7 Å². The molecule has 5 nitrogen and oxygen atoms in total. The van der Waals surface area contributed by atoms with Gasteiger partial charge >= 0.3 is 0 Å². The number of aryl methyl sites for hydroxylation is 1. The zero-order chi connectivity index (χ0) is 24.1. The van der Waals surface area contributed by atoms with Crippen LogP contribution in [-0.2, 0) is 16.0 Å². The minimum absolute atomic E-state index is 0.0315. The maximum atomic E-state index is 13.7. The predicted octanol–water partition coefficient (Wildman–Crippen LogP) is 5.63. The molecule has 1 aliphatic heterocycles. The lowest BCUT2D eigenvalue weighted by Crippen LogP contribution is -2.49. The first kappa shape index (κ1) is 24.8. The molecule has 2 atom stereocenters. The molecule has 34 heavy (non-hydrogen) atoms. The van der Waals surface area contributed by atoms with E-state index in [0.717, 1.165) is 44.3 Å². The second-order valence-corrected chi connectivity index (χ2v) is 11.0. The lowest BCUT2D eigenvalue weighted by Gasteiger charge is -2.37. The monoisotopic (exact) mass is 482 g/mol. The molecule has 1 aromatic carbocycles. The van der Waals surface area contributed by atoms with E-state index in [1.54, 1.807) is 11.3 Å². The van der Waals surface area contributed by atoms with Gasteiger partial charge in [-0.3, -0.25) is 9.59 Å². The van der Waals surface area contributed by atoms with Gasteiger partial charge in [0.15, 0.2) is 0 Å². The van der Waals surface area contributed by atoms with Crippen LogP contribution in [0.25, 0.3) is 0 Å². The van der Waals surface area contributed by atoms with Crippen molar-refractivity contribution >= 4 is 23.2 Å². The topological polar surface area (TPSA) is 49.9 Å². The minimum Gasteiger partial charge on any atom is -0.491 e. The molecule has 2 heterocycles. The molecule has 0 unspecified atom stereocenters. The van der Waals surface area contributed by atoms with Crippen LogP contribution >= 0.6 is 11.3 Å². The Kier molecular flexibility index (Phi) is 8.30. The lowest BCUT2D eigenvalue weighted by molar-refractivity contribution is -0.145. The molecule has 2 aliphatic rings. The molecule has 184 valence electrons. The quantitative estimate of drug-likeness (QED) is 0.466. The maximum absolute atomic E-state index is 13.7. The van der Waals surface area contributed by atoms with E-state index in [1.165, 1.54) is 16.0 Å². The summed E-state index contributed by atoms with van der Waals surface area (Å²) in [6.45, 7) is 8.27. The standard InChI is InChI=1S/C28H38N2O3S/c1-4-20(2)17-29(28(32)22-7-5-6-8-22)18-27(31)30-15-13-26-24(14-16-34-26)25(30)19-33-23-11-9-21(3)10-12-23/h9-12,14,16,20,22,25H,4-8,13,15,17-19H2,1-3H3/t20-,25+/m0/s1. The zero-order valence-corrected chi connectivity index (χ0v) is 21.6. The number of hydrogen-bond donors (Lipinski definition) is 0. The summed E-state index contributed by atoms with van der Waals surface area (Å²) in [7, 11) is 0. The van der Waals surface area contributed by atoms with Crippen molar-refractivity contribution in [1.29, 1.82) is 0 Å². The molecule has 0 N–H and O–H groups in total. The summed E-state index contributed by atoms with van der Waals surface area (Å²) in [4.78, 5) is 32.1. The summed E-state index contributed by atoms with van der Waals surface area (Å²) >= 11 is 1.76. The predicted molar refractivity (Wildman–Crippen MR) is 137 cm³/mol. The van der Waals surface area contributed by atoms with Crippen molar-refractivity contribution in [2.75, 3.05) is 26.2 Å². The molecule has 0 bridgehead atoms. The van der Waals surface area contributed by atoms with Crippen LogP contribution in [0.4, 0.5) is 0 Å². The van der Waals surface area contributed by atoms with E-state index in [1.807, 2.05) is 34.1 Å². The molecule has 2 aromatic rings. The number of ether oxygens (including phenoxy) is 1. The highest BCUT2D eigenvalue weighted by molar-refractivity contribution is 7.10. The number of nitrogens with zero attached hydrogens (tertiary/aromatic N) is 2. The number of rotatable bonds is 9. The second-order valence-electron chi connectivity index (χ2n) is 9.99. The lowest BCUT2D eigenvalue weighted by atomic mass is 10.00. The fourth-order valence-corrected chi connectivity index (χ4v) is 6.04. The van der Waals surface area contributed by atoms with Gasteiger partial charge in [-0.15, -0.1) is 11.3 Å². The Morgan fingerprint density at radius 2 is 1.91 bits per heavy atom. The molecule has 6 heteroatoms. The van der Waals surface area contributed by atoms with Gasteiger partial charge in [0, 0.05) is 23.9 Å². The fourth-order valence-electron chi connectivity index (χ4n) is 5.11. The summed E-state index contributed by atoms with van der Waals surface area (Å²) in [5.74, 6) is 1.48. The SMILES string of the molecule is CC[C@H](C)CN(CC(=O)N1CCc2sccc2[C@H]1COc1ccc(C)cc1)C(=O)C1CCCC1. The van der Waals surface area contributed by atoms with Gasteiger partial charge in [-0.2, -0.15) is 0 Å². The van der Waals surface area contributed by atoms with Crippen molar-refractivity contribution < 1.29 is 14.3 Å². The molecular weight excluding hydrogens is 444 g/mol. The Balaban J connectivity index is 1.49. The van der Waals surface area contributed by atoms with Crippen molar-refractivity contribution in [3.05, 3.63) is 51.7 Å². The molecule has 0 radical (unpaired) electrons. The van der Waals surface area contributed by atoms with Crippen molar-refractivity contribution in [3.63, 3.8) is 0 Å². The number of benzene rings is 1. The van der Waals surface area contributed by atoms with E-state index in [9.17, 15) is 9.59 Å². The molecule has 0 spiro atoms. The zero-order valence-electron chi connectivity index (χ0n) is 20.8. The Labute approximate surface area is 208 Å². The summed E-state index contributed by atoms with van der Waals surface area (Å²) in [6.07, 6.45) is 6.01. The first-order valence-corrected chi connectivity index (χ1v) is 13.7. The van der Waals surface area contributed by atoms with Gasteiger partial charge in [-0.1, -0.05) is 50.8 Å². The van der Waals surface area contributed by atoms with Gasteiger partial charge in [0.05, 0.1) is 12.6 Å². The normalized spacial score (nSPS) is 19.0. The Morgan fingerprint density at radius 1 is 1.18 bits per heavy atom. The first-order valence-electron chi connectivity index (χ1n) is 12.8. The van der Waals surface area contributed by atoms with Crippen molar-refractivity contribution in [1.82, 2.24) is 9.80 Å². The van der Waals surface area contributed by atoms with E-state index < -0.39 is 0 Å². The van der Waals surface area contributed by atoms with Crippen LogP contribution in [0.1, 0.15) is 68.0 Å². The second kappa shape index (κ2) is 11.4. The largest absolute Gasteiger partial charge is 0.491 e. The van der Waals surface area contributed by atoms with E-state index in [0.29, 0.717) is 25.6 Å². The van der Waals surface area contributed by atoms with Crippen molar-refractivity contribution in [2.45, 2.75) is 65.3 Å². The third-order valence-electron chi connectivity index (χ3n) is 7.42. The van der Waals surface area contributed by atoms with E-state index >= 15 is 0 Å². The van der Waals surface area contributed by atoms with Crippen LogP contribution in [0.3, 0.4) is 0 Å². The maximum Gasteiger partial charge on any atom is 0.242 e. The summed E-state index contributed by atoms with van der Waals surface area (Å²) in [5.41, 5.74) is 2.38. The van der Waals surface area contributed by atoms with Gasteiger partial charge in [0.25, 0.3) is 0 Å². The first-order chi connectivity index (χ1) is 16.5. The van der Waals surface area contributed by atoms with Gasteiger partial charge in [0.2, 0.25) is 11.8 Å². The number of amides is 2. The fraction of sp³-hybridized carbons (Fsp3) is 0.571. The Hall–Kier alpha value is -2.34. The Bertz CT molecular complexity index is 964. The third-order valence-corrected chi connectivity index (χ3v) is 8.41. The van der Waals surface area contributed by atoms with Crippen LogP contribution in [0.2, 0.25) is 0 Å². The molecule has 1 aromatic heterocycles. The molecule has 1 aliphatic carbocycles. The molecule has 4 rings (SSSR count). The molecule has 1 fully saturated rings. The van der Waals surface area contributed by atoms with Gasteiger partial charge in [0.1, 0.15) is 12.4 Å². The van der Waals surface area contributed by atoms with E-state index in [-0.39, 0.29) is 30.3 Å². The van der Waals surface area contributed by atoms with Gasteiger partial charge in [-0.05, 0) is 61.2 Å². The summed E-state index contributed by atoms with van der Waals surface area (Å²) < 4.78 is 6.15. The average molecular weight is 483 g/mol. The highest BCUT2D eigenvalue weighted by Gasteiger charge is 2.35. The number of fused-ring (bicyclic) bond motifs is 1.